The summed E-state index contributed by atoms with van der Waals surface area (Å²) in [5.41, 5.74) is 0.713. The maximum atomic E-state index is 10.6. The molecule has 1 aliphatic rings. The van der Waals surface area contributed by atoms with Crippen molar-refractivity contribution in [3.8, 4) is 5.75 Å². The van der Waals surface area contributed by atoms with Crippen molar-refractivity contribution in [3.05, 3.63) is 28.3 Å². The molecule has 2 rings (SSSR count). The van der Waals surface area contributed by atoms with Gasteiger partial charge in [0.15, 0.2) is 0 Å². The number of hydrogen-bond acceptors (Lipinski definition) is 4. The molecule has 0 saturated heterocycles. The monoisotopic (exact) mass is 216 g/mol. The second-order valence-electron chi connectivity index (χ2n) is 2.69. The van der Waals surface area contributed by atoms with Crippen molar-refractivity contribution in [2.75, 3.05) is 18.5 Å². The van der Waals surface area contributed by atoms with Crippen LogP contribution in [-0.4, -0.2) is 18.1 Å². The van der Waals surface area contributed by atoms with Crippen LogP contribution in [-0.2, 0) is 0 Å². The molecule has 14 heavy (non-hydrogen) atoms. The molecule has 1 N–H and O–H groups in total. The van der Waals surface area contributed by atoms with Crippen LogP contribution in [0.15, 0.2) is 18.2 Å². The maximum absolute atomic E-state index is 10.6. The molecule has 0 radical (unpaired) electrons. The Bertz CT molecular complexity index is 356. The third-order valence-electron chi connectivity index (χ3n) is 1.85. The highest BCUT2D eigenvalue weighted by atomic mass is 35.5. The molecule has 76 valence electrons. The van der Waals surface area contributed by atoms with Gasteiger partial charge >= 0.3 is 5.69 Å². The number of nitrogens with one attached hydrogen (secondary N) is 1. The van der Waals surface area contributed by atoms with Gasteiger partial charge in [0.05, 0.1) is 10.6 Å². The van der Waals surface area contributed by atoms with E-state index < -0.39 is 4.92 Å². The van der Waals surface area contributed by atoms with E-state index in [2.05, 4.69) is 5.32 Å². The van der Waals surface area contributed by atoms with E-state index in [9.17, 15) is 10.1 Å². The Morgan fingerprint density at radius 2 is 2.29 bits per heavy atom. The summed E-state index contributed by atoms with van der Waals surface area (Å²) < 4.78 is 5.21. The lowest BCUT2D eigenvalue weighted by atomic mass is 10.2. The van der Waals surface area contributed by atoms with Crippen molar-refractivity contribution < 1.29 is 9.66 Å². The van der Waals surface area contributed by atoms with Crippen LogP contribution in [0.4, 0.5) is 11.4 Å². The second kappa shape index (κ2) is 4.15. The Morgan fingerprint density at radius 1 is 1.50 bits per heavy atom. The highest BCUT2D eigenvalue weighted by Crippen LogP contribution is 2.36. The summed E-state index contributed by atoms with van der Waals surface area (Å²) in [6.45, 7) is 1.16. The normalized spacial score (nSPS) is 12.9. The van der Waals surface area contributed by atoms with Crippen molar-refractivity contribution in [3.63, 3.8) is 0 Å². The van der Waals surface area contributed by atoms with Crippen molar-refractivity contribution >= 4 is 23.8 Å². The molecular weight excluding hydrogens is 208 g/mol. The fraction of sp³-hybridized carbons (Fsp3) is 0.250. The fourth-order valence-corrected chi connectivity index (χ4v) is 1.30. The standard InChI is InChI=1S/C8H8N2O3.ClH/c11-10(12)7-3-1-2-6-8(7)13-5-4-9-6;/h1-3,9H,4-5H2;1H. The molecule has 0 bridgehead atoms. The van der Waals surface area contributed by atoms with Crippen molar-refractivity contribution in [2.24, 2.45) is 0 Å². The van der Waals surface area contributed by atoms with E-state index in [1.165, 1.54) is 6.07 Å². The number of anilines is 1. The Hall–Kier alpha value is -1.49. The molecule has 0 fully saturated rings. The number of rotatable bonds is 1. The highest BCUT2D eigenvalue weighted by Gasteiger charge is 2.21. The van der Waals surface area contributed by atoms with Gasteiger partial charge in [0, 0.05) is 12.6 Å². The number of nitrogens with zero attached hydrogens (tertiary/aromatic N) is 1. The quantitative estimate of drug-likeness (QED) is 0.575. The maximum Gasteiger partial charge on any atom is 0.313 e. The lowest BCUT2D eigenvalue weighted by Crippen LogP contribution is -2.18. The number of nitro groups is 1. The highest BCUT2D eigenvalue weighted by molar-refractivity contribution is 5.85. The van der Waals surface area contributed by atoms with Crippen LogP contribution < -0.4 is 10.1 Å². The predicted octanol–water partition coefficient (Wildman–Crippen LogP) is 1.82. The number of benzene rings is 1. The van der Waals surface area contributed by atoms with Gasteiger partial charge < -0.3 is 10.1 Å². The van der Waals surface area contributed by atoms with Crippen LogP contribution in [0.25, 0.3) is 0 Å². The van der Waals surface area contributed by atoms with Crippen LogP contribution >= 0.6 is 12.4 Å². The summed E-state index contributed by atoms with van der Waals surface area (Å²) in [4.78, 5) is 10.1. The molecule has 0 unspecified atom stereocenters. The van der Waals surface area contributed by atoms with Crippen molar-refractivity contribution in [1.29, 1.82) is 0 Å². The molecule has 1 aromatic rings. The molecular formula is C8H9ClN2O3. The Labute approximate surface area is 86.6 Å². The first kappa shape index (κ1) is 10.6. The first-order chi connectivity index (χ1) is 6.29. The van der Waals surface area contributed by atoms with Gasteiger partial charge in [0.1, 0.15) is 6.61 Å². The fourth-order valence-electron chi connectivity index (χ4n) is 1.30. The molecule has 0 aromatic heterocycles. The molecule has 0 amide bonds. The van der Waals surface area contributed by atoms with Gasteiger partial charge in [-0.25, -0.2) is 0 Å². The SMILES string of the molecule is Cl.O=[N+]([O-])c1cccc2c1OCCN2. The van der Waals surface area contributed by atoms with E-state index in [0.29, 0.717) is 24.6 Å². The number of hydrogen-bond donors (Lipinski definition) is 1. The van der Waals surface area contributed by atoms with Crippen LogP contribution in [0, 0.1) is 10.1 Å². The molecule has 0 spiro atoms. The van der Waals surface area contributed by atoms with E-state index in [1.807, 2.05) is 0 Å². The van der Waals surface area contributed by atoms with Gasteiger partial charge in [-0.15, -0.1) is 12.4 Å². The largest absolute Gasteiger partial charge is 0.484 e. The number of para-hydroxylation sites is 1. The minimum atomic E-state index is -0.439. The minimum Gasteiger partial charge on any atom is -0.484 e. The lowest BCUT2D eigenvalue weighted by molar-refractivity contribution is -0.385. The molecule has 0 aliphatic carbocycles. The average Bonchev–Trinajstić information content (AvgIpc) is 2.17. The van der Waals surface area contributed by atoms with Crippen molar-refractivity contribution in [2.45, 2.75) is 0 Å². The second-order valence-corrected chi connectivity index (χ2v) is 2.69. The Kier molecular flexibility index (Phi) is 3.14. The number of halogens is 1. The Balaban J connectivity index is 0.000000980. The summed E-state index contributed by atoms with van der Waals surface area (Å²) in [6.07, 6.45) is 0. The minimum absolute atomic E-state index is 0. The van der Waals surface area contributed by atoms with Crippen LogP contribution in [0.2, 0.25) is 0 Å². The van der Waals surface area contributed by atoms with Gasteiger partial charge in [-0.05, 0) is 6.07 Å². The van der Waals surface area contributed by atoms with E-state index in [0.717, 1.165) is 0 Å². The van der Waals surface area contributed by atoms with Crippen molar-refractivity contribution in [1.82, 2.24) is 0 Å². The van der Waals surface area contributed by atoms with Gasteiger partial charge in [-0.2, -0.15) is 0 Å². The summed E-state index contributed by atoms with van der Waals surface area (Å²) >= 11 is 0. The van der Waals surface area contributed by atoms with Crippen LogP contribution in [0.3, 0.4) is 0 Å². The summed E-state index contributed by atoms with van der Waals surface area (Å²) in [5.74, 6) is 0.346. The zero-order chi connectivity index (χ0) is 9.26. The molecule has 0 atom stereocenters. The zero-order valence-corrected chi connectivity index (χ0v) is 8.04. The molecule has 0 saturated carbocycles. The van der Waals surface area contributed by atoms with E-state index >= 15 is 0 Å². The lowest BCUT2D eigenvalue weighted by Gasteiger charge is -2.18. The molecule has 1 heterocycles. The van der Waals surface area contributed by atoms with E-state index in [-0.39, 0.29) is 18.1 Å². The van der Waals surface area contributed by atoms with Gasteiger partial charge in [0.2, 0.25) is 5.75 Å². The van der Waals surface area contributed by atoms with Gasteiger partial charge in [0.25, 0.3) is 0 Å². The predicted molar refractivity (Wildman–Crippen MR) is 54.3 cm³/mol. The van der Waals surface area contributed by atoms with E-state index in [1.54, 1.807) is 12.1 Å². The van der Waals surface area contributed by atoms with Crippen LogP contribution in [0.1, 0.15) is 0 Å². The van der Waals surface area contributed by atoms with Gasteiger partial charge in [-0.1, -0.05) is 6.07 Å². The zero-order valence-electron chi connectivity index (χ0n) is 7.23. The number of nitro benzene ring substituents is 1. The molecule has 6 heteroatoms. The third-order valence-corrected chi connectivity index (χ3v) is 1.85. The van der Waals surface area contributed by atoms with E-state index in [4.69, 9.17) is 4.74 Å². The summed E-state index contributed by atoms with van der Waals surface area (Å²) in [6, 6.07) is 4.84. The average molecular weight is 217 g/mol. The number of ether oxygens (including phenoxy) is 1. The summed E-state index contributed by atoms with van der Waals surface area (Å²) in [7, 11) is 0. The number of fused-ring (bicyclic) bond motifs is 1. The first-order valence-corrected chi connectivity index (χ1v) is 3.93. The van der Waals surface area contributed by atoms with Gasteiger partial charge in [-0.3, -0.25) is 10.1 Å². The topological polar surface area (TPSA) is 64.4 Å². The third kappa shape index (κ3) is 1.72. The summed E-state index contributed by atoms with van der Waals surface area (Å²) in [5, 5.41) is 13.6. The smallest absolute Gasteiger partial charge is 0.313 e. The molecule has 5 nitrogen and oxygen atoms in total. The van der Waals surface area contributed by atoms with Crippen LogP contribution in [0.5, 0.6) is 5.75 Å². The first-order valence-electron chi connectivity index (χ1n) is 3.93. The molecule has 1 aliphatic heterocycles. The Morgan fingerprint density at radius 3 is 3.00 bits per heavy atom. The molecule has 1 aromatic carbocycles.